The number of imide groups is 2. The fraction of sp³-hybridized carbons (Fsp3) is 0.520. The van der Waals surface area contributed by atoms with Crippen LogP contribution in [0.15, 0.2) is 47.7 Å². The van der Waals surface area contributed by atoms with Gasteiger partial charge in [-0.05, 0) is 94.5 Å². The van der Waals surface area contributed by atoms with Gasteiger partial charge in [0.2, 0.25) is 11.8 Å². The van der Waals surface area contributed by atoms with Crippen LogP contribution in [0, 0.1) is 25.7 Å². The van der Waals surface area contributed by atoms with Crippen molar-refractivity contribution in [3.63, 3.8) is 0 Å². The minimum atomic E-state index is -0.902. The first-order valence-electron chi connectivity index (χ1n) is 23.3. The van der Waals surface area contributed by atoms with Gasteiger partial charge in [-0.15, -0.1) is 0 Å². The lowest BCUT2D eigenvalue weighted by Gasteiger charge is -2.37. The minimum Gasteiger partial charge on any atom is -0.512 e. The number of benzene rings is 1. The van der Waals surface area contributed by atoms with Gasteiger partial charge in [-0.2, -0.15) is 9.98 Å². The van der Waals surface area contributed by atoms with E-state index in [-0.39, 0.29) is 24.5 Å². The standard InChI is InChI=1S/C36H53N7O.C14H12N2O4/c1-7-8-11-29(15-14-25(2)3)24-41-18-20-42(21-19-41)31-16-17-33(37-22-31)39-36-38-23-32-26(4)34(28(6)44)27(5)43(35(32)40-36)30-12-9-10-13-30;1-7-2-3-8-9(6-7)14(20)16(13(8)19)10-4-5-11(17)15-12(10)18/h16-17,22-23,25,29-30,44H,5,7-15,18-21,24H2,1-4,6H3;2-3,6,10H,4-5H2,1H3,(H,15,17,18)/b34-28+,39-36?;. The van der Waals surface area contributed by atoms with E-state index in [1.165, 1.54) is 51.5 Å². The average Bonchev–Trinajstić information content (AvgIpc) is 3.88. The normalized spacial score (nSPS) is 19.6. The van der Waals surface area contributed by atoms with Crippen molar-refractivity contribution >= 4 is 47.5 Å². The van der Waals surface area contributed by atoms with Gasteiger partial charge in [-0.25, -0.2) is 9.97 Å². The highest BCUT2D eigenvalue weighted by atomic mass is 16.3. The second-order valence-corrected chi connectivity index (χ2v) is 18.5. The maximum absolute atomic E-state index is 12.3. The zero-order chi connectivity index (χ0) is 45.7. The van der Waals surface area contributed by atoms with Crippen molar-refractivity contribution in [3.8, 4) is 11.4 Å². The second-order valence-electron chi connectivity index (χ2n) is 18.5. The van der Waals surface area contributed by atoms with E-state index in [9.17, 15) is 24.3 Å². The van der Waals surface area contributed by atoms with E-state index >= 15 is 0 Å². The van der Waals surface area contributed by atoms with E-state index in [1.54, 1.807) is 25.1 Å². The average molecular weight is 872 g/mol. The molecule has 2 saturated heterocycles. The molecule has 14 heteroatoms. The van der Waals surface area contributed by atoms with Crippen LogP contribution in [0.2, 0.25) is 0 Å². The van der Waals surface area contributed by atoms with Crippen molar-refractivity contribution in [2.75, 3.05) is 37.6 Å². The van der Waals surface area contributed by atoms with Gasteiger partial charge < -0.3 is 14.6 Å². The zero-order valence-electron chi connectivity index (χ0n) is 38.5. The Balaban J connectivity index is 0.000000254. The van der Waals surface area contributed by atoms with Gasteiger partial charge in [0.05, 0.1) is 28.8 Å². The SMILES string of the molecule is C=c1/c(=C(\C)O)c(C)c2cnc(=Nc3ccc(N4CCN(CC(CCCC)CCC(C)C)CC4)cn3)nc-2n1C1CCCC1.Cc1ccc2c(c1)C(=O)N(C1CCC(=O)NC1=O)C2=O. The molecular weight excluding hydrogens is 807 g/mol. The Kier molecular flexibility index (Phi) is 14.7. The molecule has 0 bridgehead atoms. The largest absolute Gasteiger partial charge is 0.512 e. The molecule has 2 unspecified atom stereocenters. The minimum absolute atomic E-state index is 0.128. The number of aryl methyl sites for hydroxylation is 1. The quantitative estimate of drug-likeness (QED) is 0.155. The molecular formula is C50H65N9O5. The van der Waals surface area contributed by atoms with Crippen LogP contribution in [0.25, 0.3) is 23.7 Å². The molecule has 2 atom stereocenters. The molecule has 2 aromatic rings. The highest BCUT2D eigenvalue weighted by Gasteiger charge is 2.44. The van der Waals surface area contributed by atoms with E-state index in [0.717, 1.165) is 94.5 Å². The van der Waals surface area contributed by atoms with Crippen molar-refractivity contribution in [2.45, 2.75) is 124 Å². The predicted molar refractivity (Wildman–Crippen MR) is 248 cm³/mol. The number of fused-ring (bicyclic) bond motifs is 2. The Labute approximate surface area is 376 Å². The lowest BCUT2D eigenvalue weighted by Crippen LogP contribution is -2.54. The Morgan fingerprint density at radius 3 is 2.30 bits per heavy atom. The summed E-state index contributed by atoms with van der Waals surface area (Å²) < 4.78 is 2.21. The van der Waals surface area contributed by atoms with E-state index in [4.69, 9.17) is 9.98 Å². The van der Waals surface area contributed by atoms with Crippen LogP contribution in [-0.4, -0.2) is 96.8 Å². The number of unbranched alkanes of at least 4 members (excludes halogenated alkanes) is 1. The maximum Gasteiger partial charge on any atom is 0.262 e. The van der Waals surface area contributed by atoms with Crippen LogP contribution in [0.1, 0.15) is 136 Å². The number of carbonyl (C=O) groups is 4. The molecule has 4 amide bonds. The molecule has 64 heavy (non-hydrogen) atoms. The fourth-order valence-corrected chi connectivity index (χ4v) is 9.76. The van der Waals surface area contributed by atoms with Crippen molar-refractivity contribution in [3.05, 3.63) is 81.2 Å². The van der Waals surface area contributed by atoms with Crippen LogP contribution in [0.3, 0.4) is 0 Å². The molecule has 1 aromatic carbocycles. The highest BCUT2D eigenvalue weighted by molar-refractivity contribution is 6.23. The van der Waals surface area contributed by atoms with Crippen LogP contribution >= 0.6 is 0 Å². The molecule has 14 nitrogen and oxygen atoms in total. The van der Waals surface area contributed by atoms with Crippen LogP contribution < -0.4 is 26.4 Å². The first kappa shape index (κ1) is 46.2. The van der Waals surface area contributed by atoms with Crippen molar-refractivity contribution in [1.82, 2.24) is 34.6 Å². The molecule has 6 aliphatic rings. The second kappa shape index (κ2) is 20.4. The summed E-state index contributed by atoms with van der Waals surface area (Å²) in [6.45, 7) is 22.4. The summed E-state index contributed by atoms with van der Waals surface area (Å²) in [4.78, 5) is 72.6. The van der Waals surface area contributed by atoms with Gasteiger partial charge in [-0.3, -0.25) is 34.3 Å². The monoisotopic (exact) mass is 872 g/mol. The molecule has 5 aliphatic heterocycles. The number of nitrogens with one attached hydrogen (secondary N) is 1. The number of hydrogen-bond donors (Lipinski definition) is 2. The van der Waals surface area contributed by atoms with Gasteiger partial charge >= 0.3 is 0 Å². The number of nitrogens with zero attached hydrogens (tertiary/aromatic N) is 8. The number of carbonyl (C=O) groups excluding carboxylic acids is 4. The Morgan fingerprint density at radius 1 is 0.906 bits per heavy atom. The number of hydrogen-bond acceptors (Lipinski definition) is 11. The summed E-state index contributed by atoms with van der Waals surface area (Å²) >= 11 is 0. The lowest BCUT2D eigenvalue weighted by atomic mass is 9.92. The fourth-order valence-electron chi connectivity index (χ4n) is 9.76. The number of aliphatic hydroxyl groups excluding tert-OH is 1. The van der Waals surface area contributed by atoms with E-state index in [0.29, 0.717) is 28.6 Å². The lowest BCUT2D eigenvalue weighted by molar-refractivity contribution is -0.136. The smallest absolute Gasteiger partial charge is 0.262 e. The molecule has 1 aromatic heterocycles. The topological polar surface area (TPSA) is 166 Å². The van der Waals surface area contributed by atoms with Gasteiger partial charge in [0.15, 0.2) is 5.82 Å². The summed E-state index contributed by atoms with van der Waals surface area (Å²) in [5.74, 6) is 1.40. The number of aliphatic hydroxyl groups is 1. The Bertz CT molecular complexity index is 2520. The third-order valence-corrected chi connectivity index (χ3v) is 13.3. The predicted octanol–water partition coefficient (Wildman–Crippen LogP) is 6.29. The zero-order valence-corrected chi connectivity index (χ0v) is 38.5. The van der Waals surface area contributed by atoms with Crippen LogP contribution in [-0.2, 0) is 9.59 Å². The third kappa shape index (κ3) is 10.3. The number of piperazine rings is 1. The molecule has 340 valence electrons. The van der Waals surface area contributed by atoms with E-state index < -0.39 is 23.8 Å². The van der Waals surface area contributed by atoms with Crippen molar-refractivity contribution in [2.24, 2.45) is 16.8 Å². The number of rotatable bonds is 12. The number of amides is 4. The molecule has 8 rings (SSSR count). The summed E-state index contributed by atoms with van der Waals surface area (Å²) in [6.07, 6.45) is 15.3. The Hall–Kier alpha value is -5.76. The van der Waals surface area contributed by atoms with E-state index in [1.807, 2.05) is 32.3 Å². The van der Waals surface area contributed by atoms with Gasteiger partial charge in [0.25, 0.3) is 17.4 Å². The van der Waals surface area contributed by atoms with E-state index in [2.05, 4.69) is 63.1 Å². The number of piperidine rings is 1. The number of anilines is 1. The van der Waals surface area contributed by atoms with Crippen LogP contribution in [0.4, 0.5) is 11.5 Å². The summed E-state index contributed by atoms with van der Waals surface area (Å²) in [5, 5.41) is 14.2. The first-order chi connectivity index (χ1) is 30.7. The summed E-state index contributed by atoms with van der Waals surface area (Å²) in [7, 11) is 0. The Morgan fingerprint density at radius 2 is 1.64 bits per heavy atom. The molecule has 0 radical (unpaired) electrons. The number of pyridine rings is 2. The highest BCUT2D eigenvalue weighted by Crippen LogP contribution is 2.32. The summed E-state index contributed by atoms with van der Waals surface area (Å²) in [5.41, 5.74) is 4.90. The molecule has 0 spiro atoms. The molecule has 1 aliphatic carbocycles. The van der Waals surface area contributed by atoms with Gasteiger partial charge in [-0.1, -0.05) is 71.1 Å². The molecule has 1 saturated carbocycles. The van der Waals surface area contributed by atoms with Crippen molar-refractivity contribution in [1.29, 1.82) is 0 Å². The number of aromatic nitrogens is 4. The summed E-state index contributed by atoms with van der Waals surface area (Å²) in [6, 6.07) is 8.49. The van der Waals surface area contributed by atoms with Gasteiger partial charge in [0, 0.05) is 67.5 Å². The molecule has 2 N–H and O–H groups in total. The van der Waals surface area contributed by atoms with Crippen LogP contribution in [0.5, 0.6) is 0 Å². The maximum atomic E-state index is 12.3. The first-order valence-corrected chi connectivity index (χ1v) is 23.3. The molecule has 3 fully saturated rings. The third-order valence-electron chi connectivity index (χ3n) is 13.3. The van der Waals surface area contributed by atoms with Gasteiger partial charge in [0.1, 0.15) is 11.9 Å². The molecule has 6 heterocycles. The van der Waals surface area contributed by atoms with Crippen molar-refractivity contribution < 1.29 is 24.3 Å².